The normalized spacial score (nSPS) is 14.1. The van der Waals surface area contributed by atoms with Gasteiger partial charge in [-0.3, -0.25) is 9.59 Å². The topological polar surface area (TPSA) is 82.5 Å². The number of hydrogen-bond acceptors (Lipinski definition) is 6. The van der Waals surface area contributed by atoms with E-state index < -0.39 is 0 Å². The highest BCUT2D eigenvalue weighted by Crippen LogP contribution is 2.27. The highest BCUT2D eigenvalue weighted by Gasteiger charge is 2.19. The summed E-state index contributed by atoms with van der Waals surface area (Å²) in [6, 6.07) is 14.9. The summed E-state index contributed by atoms with van der Waals surface area (Å²) in [6.45, 7) is 7.16. The average molecular weight is 479 g/mol. The number of rotatable bonds is 8. The number of aromatic nitrogens is 2. The molecule has 34 heavy (non-hydrogen) atoms. The molecule has 0 bridgehead atoms. The molecule has 1 aromatic heterocycles. The van der Waals surface area contributed by atoms with Crippen molar-refractivity contribution in [1.29, 1.82) is 0 Å². The van der Waals surface area contributed by atoms with Crippen LogP contribution in [0, 0.1) is 0 Å². The molecule has 1 saturated heterocycles. The molecule has 4 rings (SSSR count). The summed E-state index contributed by atoms with van der Waals surface area (Å²) in [5.74, 6) is -0.0405. The molecule has 9 heteroatoms. The zero-order valence-corrected chi connectivity index (χ0v) is 20.3. The molecule has 2 aromatic carbocycles. The molecule has 0 atom stereocenters. The minimum Gasteiger partial charge on any atom is -0.367 e. The number of piperazine rings is 1. The van der Waals surface area contributed by atoms with E-state index in [0.29, 0.717) is 11.3 Å². The van der Waals surface area contributed by atoms with Crippen molar-refractivity contribution >= 4 is 40.6 Å². The average Bonchev–Trinajstić information content (AvgIpc) is 3.28. The van der Waals surface area contributed by atoms with Gasteiger partial charge in [0.15, 0.2) is 5.16 Å². The van der Waals surface area contributed by atoms with E-state index in [9.17, 15) is 9.59 Å². The molecule has 1 fully saturated rings. The van der Waals surface area contributed by atoms with Gasteiger partial charge in [0.25, 0.3) is 5.91 Å². The Labute approximate surface area is 204 Å². The number of nitrogens with one attached hydrogen (secondary N) is 2. The molecular weight excluding hydrogens is 448 g/mol. The maximum atomic E-state index is 12.9. The van der Waals surface area contributed by atoms with Gasteiger partial charge in [0, 0.05) is 56.9 Å². The van der Waals surface area contributed by atoms with Crippen molar-refractivity contribution < 1.29 is 9.59 Å². The van der Waals surface area contributed by atoms with Crippen LogP contribution in [0.3, 0.4) is 0 Å². The third-order valence-corrected chi connectivity index (χ3v) is 6.91. The van der Waals surface area contributed by atoms with Gasteiger partial charge in [0.1, 0.15) is 0 Å². The first-order valence-electron chi connectivity index (χ1n) is 11.4. The summed E-state index contributed by atoms with van der Waals surface area (Å²) in [5, 5.41) is 6.70. The first-order chi connectivity index (χ1) is 16.5. The highest BCUT2D eigenvalue weighted by atomic mass is 32.2. The van der Waals surface area contributed by atoms with Crippen molar-refractivity contribution in [1.82, 2.24) is 14.5 Å². The maximum Gasteiger partial charge on any atom is 0.255 e. The molecule has 178 valence electrons. The second kappa shape index (κ2) is 11.2. The van der Waals surface area contributed by atoms with Crippen LogP contribution in [-0.2, 0) is 11.8 Å². The predicted molar refractivity (Wildman–Crippen MR) is 138 cm³/mol. The quantitative estimate of drug-likeness (QED) is 0.482. The van der Waals surface area contributed by atoms with E-state index in [1.807, 2.05) is 36.0 Å². The lowest BCUT2D eigenvalue weighted by Crippen LogP contribution is -2.46. The van der Waals surface area contributed by atoms with Crippen LogP contribution in [0.2, 0.25) is 0 Å². The van der Waals surface area contributed by atoms with Crippen molar-refractivity contribution in [2.24, 2.45) is 7.05 Å². The first-order valence-corrected chi connectivity index (χ1v) is 12.4. The summed E-state index contributed by atoms with van der Waals surface area (Å²) in [7, 11) is 1.89. The summed E-state index contributed by atoms with van der Waals surface area (Å²) in [6.07, 6.45) is 3.55. The second-order valence-corrected chi connectivity index (χ2v) is 9.07. The summed E-state index contributed by atoms with van der Waals surface area (Å²) in [4.78, 5) is 34.1. The lowest BCUT2D eigenvalue weighted by atomic mass is 10.1. The molecule has 2 amide bonds. The van der Waals surface area contributed by atoms with E-state index in [4.69, 9.17) is 0 Å². The van der Waals surface area contributed by atoms with Gasteiger partial charge in [-0.25, -0.2) is 4.98 Å². The van der Waals surface area contributed by atoms with E-state index in [1.165, 1.54) is 11.8 Å². The Bertz CT molecular complexity index is 1120. The number of carbonyl (C=O) groups is 2. The molecule has 0 spiro atoms. The van der Waals surface area contributed by atoms with Crippen LogP contribution in [0.5, 0.6) is 0 Å². The molecular formula is C25H30N6O2S. The number of thioether (sulfide) groups is 1. The lowest BCUT2D eigenvalue weighted by molar-refractivity contribution is -0.113. The van der Waals surface area contributed by atoms with Crippen LogP contribution in [-0.4, -0.2) is 64.7 Å². The van der Waals surface area contributed by atoms with Crippen LogP contribution >= 0.6 is 11.8 Å². The monoisotopic (exact) mass is 478 g/mol. The SMILES string of the molecule is CCN1CCN(c2ccccc2NC(=O)c2ccc(NC(=O)CSc3nccn3C)cc2)CC1. The number of para-hydroxylation sites is 2. The van der Waals surface area contributed by atoms with Crippen molar-refractivity contribution in [3.63, 3.8) is 0 Å². The Morgan fingerprint density at radius 2 is 1.74 bits per heavy atom. The molecule has 2 heterocycles. The summed E-state index contributed by atoms with van der Waals surface area (Å²) < 4.78 is 1.87. The minimum absolute atomic E-state index is 0.123. The predicted octanol–water partition coefficient (Wildman–Crippen LogP) is 3.55. The lowest BCUT2D eigenvalue weighted by Gasteiger charge is -2.36. The van der Waals surface area contributed by atoms with Crippen molar-refractivity contribution in [3.8, 4) is 0 Å². The van der Waals surface area contributed by atoms with Gasteiger partial charge in [-0.1, -0.05) is 30.8 Å². The Hall–Kier alpha value is -3.30. The fraction of sp³-hybridized carbons (Fsp3) is 0.320. The third-order valence-electron chi connectivity index (χ3n) is 5.85. The van der Waals surface area contributed by atoms with Crippen molar-refractivity contribution in [3.05, 3.63) is 66.5 Å². The largest absolute Gasteiger partial charge is 0.367 e. The Kier molecular flexibility index (Phi) is 7.87. The fourth-order valence-corrected chi connectivity index (χ4v) is 4.61. The Balaban J connectivity index is 1.33. The second-order valence-electron chi connectivity index (χ2n) is 8.13. The van der Waals surface area contributed by atoms with E-state index >= 15 is 0 Å². The molecule has 3 aromatic rings. The molecule has 1 aliphatic heterocycles. The van der Waals surface area contributed by atoms with Crippen LogP contribution < -0.4 is 15.5 Å². The number of anilines is 3. The van der Waals surface area contributed by atoms with Crippen molar-refractivity contribution in [2.45, 2.75) is 12.1 Å². The molecule has 8 nitrogen and oxygen atoms in total. The maximum absolute atomic E-state index is 12.9. The van der Waals surface area contributed by atoms with E-state index in [-0.39, 0.29) is 17.6 Å². The van der Waals surface area contributed by atoms with Crippen LogP contribution in [0.1, 0.15) is 17.3 Å². The molecule has 0 unspecified atom stereocenters. The minimum atomic E-state index is -0.178. The number of amides is 2. The molecule has 0 aliphatic carbocycles. The number of carbonyl (C=O) groups excluding carboxylic acids is 2. The number of imidazole rings is 1. The Morgan fingerprint density at radius 1 is 1.00 bits per heavy atom. The van der Waals surface area contributed by atoms with E-state index in [1.54, 1.807) is 30.5 Å². The van der Waals surface area contributed by atoms with Gasteiger partial charge < -0.3 is 25.0 Å². The number of benzene rings is 2. The van der Waals surface area contributed by atoms with Gasteiger partial charge in [0.2, 0.25) is 5.91 Å². The van der Waals surface area contributed by atoms with Gasteiger partial charge in [-0.15, -0.1) is 0 Å². The van der Waals surface area contributed by atoms with Crippen LogP contribution in [0.4, 0.5) is 17.1 Å². The fourth-order valence-electron chi connectivity index (χ4n) is 3.88. The van der Waals surface area contributed by atoms with Gasteiger partial charge in [-0.2, -0.15) is 0 Å². The molecule has 0 radical (unpaired) electrons. The number of aryl methyl sites for hydroxylation is 1. The summed E-state index contributed by atoms with van der Waals surface area (Å²) in [5.41, 5.74) is 3.03. The standard InChI is InChI=1S/C25H30N6O2S/c1-3-30-14-16-31(17-15-30)22-7-5-4-6-21(22)28-24(33)19-8-10-20(11-9-19)27-23(32)18-34-25-26-12-13-29(25)2/h4-13H,3,14-18H2,1-2H3,(H,27,32)(H,28,33). The summed E-state index contributed by atoms with van der Waals surface area (Å²) >= 11 is 1.37. The van der Waals surface area contributed by atoms with Crippen LogP contribution in [0.15, 0.2) is 66.1 Å². The Morgan fingerprint density at radius 3 is 2.41 bits per heavy atom. The molecule has 0 saturated carbocycles. The number of nitrogens with zero attached hydrogens (tertiary/aromatic N) is 4. The first kappa shape index (κ1) is 23.8. The van der Waals surface area contributed by atoms with E-state index in [2.05, 4.69) is 38.4 Å². The van der Waals surface area contributed by atoms with E-state index in [0.717, 1.165) is 49.3 Å². The zero-order chi connectivity index (χ0) is 23.9. The smallest absolute Gasteiger partial charge is 0.255 e. The van der Waals surface area contributed by atoms with Gasteiger partial charge in [-0.05, 0) is 42.9 Å². The third kappa shape index (κ3) is 5.98. The zero-order valence-electron chi connectivity index (χ0n) is 19.5. The van der Waals surface area contributed by atoms with Crippen molar-refractivity contribution in [2.75, 3.05) is 54.0 Å². The highest BCUT2D eigenvalue weighted by molar-refractivity contribution is 7.99. The molecule has 1 aliphatic rings. The van der Waals surface area contributed by atoms with Gasteiger partial charge >= 0.3 is 0 Å². The number of hydrogen-bond donors (Lipinski definition) is 2. The van der Waals surface area contributed by atoms with Gasteiger partial charge in [0.05, 0.1) is 17.1 Å². The molecule has 2 N–H and O–H groups in total. The van der Waals surface area contributed by atoms with Crippen LogP contribution in [0.25, 0.3) is 0 Å². The number of likely N-dealkylation sites (N-methyl/N-ethyl adjacent to an activating group) is 1.